The molecule has 0 atom stereocenters. The SMILES string of the molecule is CN1CCC(CCNCC(C)(C)N)CC1. The van der Waals surface area contributed by atoms with Crippen molar-refractivity contribution < 1.29 is 0 Å². The molecular formula is C12H27N3. The predicted octanol–water partition coefficient (Wildman–Crippen LogP) is 1.05. The van der Waals surface area contributed by atoms with Crippen LogP contribution in [0.2, 0.25) is 0 Å². The van der Waals surface area contributed by atoms with Gasteiger partial charge >= 0.3 is 0 Å². The first-order valence-corrected chi connectivity index (χ1v) is 6.15. The van der Waals surface area contributed by atoms with Gasteiger partial charge < -0.3 is 16.0 Å². The fraction of sp³-hybridized carbons (Fsp3) is 1.00. The van der Waals surface area contributed by atoms with Gasteiger partial charge in [0.15, 0.2) is 0 Å². The van der Waals surface area contributed by atoms with Gasteiger partial charge in [0.05, 0.1) is 0 Å². The first-order valence-electron chi connectivity index (χ1n) is 6.15. The van der Waals surface area contributed by atoms with E-state index in [9.17, 15) is 0 Å². The minimum atomic E-state index is -0.0766. The zero-order valence-electron chi connectivity index (χ0n) is 10.6. The summed E-state index contributed by atoms with van der Waals surface area (Å²) in [5.74, 6) is 0.926. The van der Waals surface area contributed by atoms with Crippen LogP contribution in [0.5, 0.6) is 0 Å². The van der Waals surface area contributed by atoms with Gasteiger partial charge in [0, 0.05) is 12.1 Å². The summed E-state index contributed by atoms with van der Waals surface area (Å²) in [4.78, 5) is 2.42. The number of nitrogens with one attached hydrogen (secondary N) is 1. The van der Waals surface area contributed by atoms with Crippen molar-refractivity contribution >= 4 is 0 Å². The third-order valence-corrected chi connectivity index (χ3v) is 3.15. The van der Waals surface area contributed by atoms with E-state index in [1.54, 1.807) is 0 Å². The molecule has 1 aliphatic rings. The topological polar surface area (TPSA) is 41.3 Å². The molecule has 3 nitrogen and oxygen atoms in total. The normalized spacial score (nSPS) is 20.8. The molecular weight excluding hydrogens is 186 g/mol. The van der Waals surface area contributed by atoms with Gasteiger partial charge in [-0.25, -0.2) is 0 Å². The maximum Gasteiger partial charge on any atom is 0.0223 e. The molecule has 0 amide bonds. The molecule has 15 heavy (non-hydrogen) atoms. The summed E-state index contributed by atoms with van der Waals surface area (Å²) in [6.45, 7) is 8.71. The predicted molar refractivity (Wildman–Crippen MR) is 66.0 cm³/mol. The third-order valence-electron chi connectivity index (χ3n) is 3.15. The molecule has 0 aromatic carbocycles. The van der Waals surface area contributed by atoms with Crippen molar-refractivity contribution in [1.29, 1.82) is 0 Å². The van der Waals surface area contributed by atoms with E-state index >= 15 is 0 Å². The highest BCUT2D eigenvalue weighted by Gasteiger charge is 2.16. The molecule has 0 unspecified atom stereocenters. The standard InChI is InChI=1S/C12H27N3/c1-12(2,13)10-14-7-4-11-5-8-15(3)9-6-11/h11,14H,4-10,13H2,1-3H3. The minimum absolute atomic E-state index is 0.0766. The van der Waals surface area contributed by atoms with Gasteiger partial charge in [-0.15, -0.1) is 0 Å². The van der Waals surface area contributed by atoms with Crippen LogP contribution in [-0.2, 0) is 0 Å². The lowest BCUT2D eigenvalue weighted by Gasteiger charge is -2.29. The van der Waals surface area contributed by atoms with E-state index < -0.39 is 0 Å². The van der Waals surface area contributed by atoms with Crippen molar-refractivity contribution in [2.45, 2.75) is 38.6 Å². The van der Waals surface area contributed by atoms with Gasteiger partial charge in [-0.2, -0.15) is 0 Å². The van der Waals surface area contributed by atoms with Gasteiger partial charge in [-0.05, 0) is 65.7 Å². The van der Waals surface area contributed by atoms with Crippen LogP contribution in [0.15, 0.2) is 0 Å². The maximum absolute atomic E-state index is 5.90. The van der Waals surface area contributed by atoms with Crippen LogP contribution < -0.4 is 11.1 Å². The molecule has 0 bridgehead atoms. The lowest BCUT2D eigenvalue weighted by Crippen LogP contribution is -2.43. The highest BCUT2D eigenvalue weighted by Crippen LogP contribution is 2.18. The Morgan fingerprint density at radius 1 is 1.33 bits per heavy atom. The van der Waals surface area contributed by atoms with Crippen molar-refractivity contribution in [3.8, 4) is 0 Å². The quantitative estimate of drug-likeness (QED) is 0.671. The summed E-state index contributed by atoms with van der Waals surface area (Å²) in [6.07, 6.45) is 4.04. The Morgan fingerprint density at radius 2 is 1.93 bits per heavy atom. The summed E-state index contributed by atoms with van der Waals surface area (Å²) in [5, 5.41) is 3.45. The van der Waals surface area contributed by atoms with E-state index in [0.717, 1.165) is 19.0 Å². The van der Waals surface area contributed by atoms with Crippen LogP contribution in [0.25, 0.3) is 0 Å². The fourth-order valence-corrected chi connectivity index (χ4v) is 2.07. The van der Waals surface area contributed by atoms with Crippen LogP contribution in [0.3, 0.4) is 0 Å². The molecule has 0 saturated carbocycles. The number of hydrogen-bond donors (Lipinski definition) is 2. The second-order valence-electron chi connectivity index (χ2n) is 5.70. The zero-order valence-corrected chi connectivity index (χ0v) is 10.6. The van der Waals surface area contributed by atoms with Crippen molar-refractivity contribution in [1.82, 2.24) is 10.2 Å². The van der Waals surface area contributed by atoms with E-state index in [1.165, 1.54) is 32.4 Å². The summed E-state index contributed by atoms with van der Waals surface area (Å²) in [5.41, 5.74) is 5.83. The average Bonchev–Trinajstić information content (AvgIpc) is 2.14. The zero-order chi connectivity index (χ0) is 11.3. The number of nitrogens with two attached hydrogens (primary N) is 1. The van der Waals surface area contributed by atoms with E-state index in [-0.39, 0.29) is 5.54 Å². The average molecular weight is 213 g/mol. The van der Waals surface area contributed by atoms with E-state index in [1.807, 2.05) is 0 Å². The van der Waals surface area contributed by atoms with Crippen molar-refractivity contribution in [3.05, 3.63) is 0 Å². The highest BCUT2D eigenvalue weighted by molar-refractivity contribution is 4.76. The lowest BCUT2D eigenvalue weighted by atomic mass is 9.94. The largest absolute Gasteiger partial charge is 0.324 e. The van der Waals surface area contributed by atoms with Crippen LogP contribution in [-0.4, -0.2) is 43.7 Å². The number of piperidine rings is 1. The molecule has 0 aromatic rings. The van der Waals surface area contributed by atoms with Gasteiger partial charge in [-0.3, -0.25) is 0 Å². The van der Waals surface area contributed by atoms with Gasteiger partial charge in [0.25, 0.3) is 0 Å². The number of rotatable bonds is 5. The van der Waals surface area contributed by atoms with Gasteiger partial charge in [0.2, 0.25) is 0 Å². The van der Waals surface area contributed by atoms with E-state index in [0.29, 0.717) is 0 Å². The second-order valence-corrected chi connectivity index (χ2v) is 5.70. The summed E-state index contributed by atoms with van der Waals surface area (Å²) in [6, 6.07) is 0. The Hall–Kier alpha value is -0.120. The Labute approximate surface area is 94.4 Å². The third kappa shape index (κ3) is 6.13. The molecule has 0 radical (unpaired) electrons. The first kappa shape index (κ1) is 12.9. The highest BCUT2D eigenvalue weighted by atomic mass is 15.1. The van der Waals surface area contributed by atoms with E-state index in [2.05, 4.69) is 31.1 Å². The number of likely N-dealkylation sites (tertiary alicyclic amines) is 1. The molecule has 0 aromatic heterocycles. The molecule has 90 valence electrons. The van der Waals surface area contributed by atoms with Crippen LogP contribution >= 0.6 is 0 Å². The number of hydrogen-bond acceptors (Lipinski definition) is 3. The monoisotopic (exact) mass is 213 g/mol. The Kier molecular flexibility index (Phi) is 5.03. The maximum atomic E-state index is 5.90. The molecule has 3 heteroatoms. The molecule has 0 spiro atoms. The Bertz CT molecular complexity index is 166. The molecule has 1 fully saturated rings. The molecule has 3 N–H and O–H groups in total. The van der Waals surface area contributed by atoms with Crippen molar-refractivity contribution in [2.24, 2.45) is 11.7 Å². The summed E-state index contributed by atoms with van der Waals surface area (Å²) >= 11 is 0. The van der Waals surface area contributed by atoms with Crippen LogP contribution in [0, 0.1) is 5.92 Å². The summed E-state index contributed by atoms with van der Waals surface area (Å²) < 4.78 is 0. The summed E-state index contributed by atoms with van der Waals surface area (Å²) in [7, 11) is 2.21. The van der Waals surface area contributed by atoms with E-state index in [4.69, 9.17) is 5.73 Å². The minimum Gasteiger partial charge on any atom is -0.324 e. The lowest BCUT2D eigenvalue weighted by molar-refractivity contribution is 0.211. The molecule has 1 aliphatic heterocycles. The fourth-order valence-electron chi connectivity index (χ4n) is 2.07. The van der Waals surface area contributed by atoms with Crippen LogP contribution in [0.4, 0.5) is 0 Å². The molecule has 1 saturated heterocycles. The Balaban J connectivity index is 2.01. The molecule has 1 rings (SSSR count). The second kappa shape index (κ2) is 5.83. The Morgan fingerprint density at radius 3 is 2.47 bits per heavy atom. The number of nitrogens with zero attached hydrogens (tertiary/aromatic N) is 1. The van der Waals surface area contributed by atoms with Gasteiger partial charge in [0.1, 0.15) is 0 Å². The van der Waals surface area contributed by atoms with Crippen LogP contribution in [0.1, 0.15) is 33.1 Å². The molecule has 1 heterocycles. The van der Waals surface area contributed by atoms with Crippen molar-refractivity contribution in [3.63, 3.8) is 0 Å². The molecule has 0 aliphatic carbocycles. The van der Waals surface area contributed by atoms with Crippen molar-refractivity contribution in [2.75, 3.05) is 33.2 Å². The van der Waals surface area contributed by atoms with Gasteiger partial charge in [-0.1, -0.05) is 0 Å². The first-order chi connectivity index (χ1) is 6.97. The smallest absolute Gasteiger partial charge is 0.0223 e.